The van der Waals surface area contributed by atoms with Gasteiger partial charge < -0.3 is 11.1 Å². The predicted molar refractivity (Wildman–Crippen MR) is 76.8 cm³/mol. The minimum absolute atomic E-state index is 0. The Hall–Kier alpha value is -0.280. The number of hydrogen-bond acceptors (Lipinski definition) is 2. The molecule has 0 saturated heterocycles. The lowest BCUT2D eigenvalue weighted by atomic mass is 9.76. The number of halogens is 1. The number of rotatable bonds is 4. The fourth-order valence-electron chi connectivity index (χ4n) is 3.12. The Bertz CT molecular complexity index is 271. The second-order valence-electron chi connectivity index (χ2n) is 5.99. The zero-order valence-corrected chi connectivity index (χ0v) is 12.2. The highest BCUT2D eigenvalue weighted by Crippen LogP contribution is 2.31. The van der Waals surface area contributed by atoms with Gasteiger partial charge in [0.1, 0.15) is 0 Å². The lowest BCUT2D eigenvalue weighted by molar-refractivity contribution is -0.130. The van der Waals surface area contributed by atoms with Crippen molar-refractivity contribution < 1.29 is 4.79 Å². The Morgan fingerprint density at radius 3 is 2.33 bits per heavy atom. The molecule has 3 N–H and O–H groups in total. The molecule has 2 saturated carbocycles. The van der Waals surface area contributed by atoms with Crippen molar-refractivity contribution in [2.24, 2.45) is 11.7 Å². The highest BCUT2D eigenvalue weighted by molar-refractivity contribution is 5.87. The van der Waals surface area contributed by atoms with E-state index in [-0.39, 0.29) is 18.3 Å². The molecule has 106 valence electrons. The van der Waals surface area contributed by atoms with Crippen molar-refractivity contribution in [1.82, 2.24) is 5.32 Å². The van der Waals surface area contributed by atoms with Crippen molar-refractivity contribution in [2.45, 2.75) is 76.3 Å². The Morgan fingerprint density at radius 1 is 1.28 bits per heavy atom. The highest BCUT2D eigenvalue weighted by atomic mass is 35.5. The van der Waals surface area contributed by atoms with Gasteiger partial charge in [-0.3, -0.25) is 4.79 Å². The van der Waals surface area contributed by atoms with Crippen LogP contribution < -0.4 is 11.1 Å². The van der Waals surface area contributed by atoms with Gasteiger partial charge in [0, 0.05) is 6.04 Å². The van der Waals surface area contributed by atoms with Crippen LogP contribution in [0.1, 0.15) is 64.7 Å². The van der Waals surface area contributed by atoms with E-state index < -0.39 is 5.54 Å². The summed E-state index contributed by atoms with van der Waals surface area (Å²) in [7, 11) is 0. The van der Waals surface area contributed by atoms with Crippen LogP contribution in [-0.2, 0) is 4.79 Å². The molecule has 0 aromatic carbocycles. The van der Waals surface area contributed by atoms with Gasteiger partial charge in [-0.2, -0.15) is 0 Å². The van der Waals surface area contributed by atoms with Gasteiger partial charge in [0.25, 0.3) is 0 Å². The van der Waals surface area contributed by atoms with Crippen LogP contribution in [0.4, 0.5) is 0 Å². The number of carbonyl (C=O) groups is 1. The van der Waals surface area contributed by atoms with Crippen LogP contribution >= 0.6 is 12.4 Å². The minimum Gasteiger partial charge on any atom is -0.352 e. The van der Waals surface area contributed by atoms with E-state index in [4.69, 9.17) is 5.73 Å². The van der Waals surface area contributed by atoms with E-state index in [1.54, 1.807) is 0 Å². The quantitative estimate of drug-likeness (QED) is 0.828. The summed E-state index contributed by atoms with van der Waals surface area (Å²) in [5, 5.41) is 3.16. The molecule has 4 heteroatoms. The van der Waals surface area contributed by atoms with Gasteiger partial charge in [0.05, 0.1) is 5.54 Å². The molecule has 2 aliphatic rings. The molecule has 2 fully saturated rings. The number of nitrogens with one attached hydrogen (secondary N) is 1. The van der Waals surface area contributed by atoms with E-state index in [0.717, 1.165) is 38.0 Å². The van der Waals surface area contributed by atoms with E-state index in [9.17, 15) is 4.79 Å². The fraction of sp³-hybridized carbons (Fsp3) is 0.929. The Morgan fingerprint density at radius 2 is 1.89 bits per heavy atom. The van der Waals surface area contributed by atoms with Gasteiger partial charge in [-0.1, -0.05) is 19.8 Å². The summed E-state index contributed by atoms with van der Waals surface area (Å²) in [6.07, 6.45) is 10.3. The number of nitrogens with two attached hydrogens (primary N) is 1. The Labute approximate surface area is 117 Å². The number of carbonyl (C=O) groups excluding carboxylic acids is 1. The van der Waals surface area contributed by atoms with Crippen molar-refractivity contribution >= 4 is 18.3 Å². The first-order chi connectivity index (χ1) is 8.14. The molecule has 0 aliphatic heterocycles. The van der Waals surface area contributed by atoms with Gasteiger partial charge in [-0.15, -0.1) is 12.4 Å². The van der Waals surface area contributed by atoms with Crippen LogP contribution in [0.2, 0.25) is 0 Å². The standard InChI is InChI=1S/C14H26N2O.ClH/c1-2-4-11-5-7-12(8-6-11)16-13(17)14(15)9-3-10-14;/h11-12H,2-10,15H2,1H3,(H,16,17);1H. The largest absolute Gasteiger partial charge is 0.352 e. The van der Waals surface area contributed by atoms with E-state index in [1.165, 1.54) is 25.7 Å². The average molecular weight is 275 g/mol. The predicted octanol–water partition coefficient (Wildman–Crippen LogP) is 2.76. The maximum Gasteiger partial charge on any atom is 0.240 e. The zero-order chi connectivity index (χ0) is 12.3. The molecule has 0 radical (unpaired) electrons. The topological polar surface area (TPSA) is 55.1 Å². The summed E-state index contributed by atoms with van der Waals surface area (Å²) >= 11 is 0. The average Bonchev–Trinajstić information content (AvgIpc) is 2.29. The third-order valence-electron chi connectivity index (χ3n) is 4.58. The summed E-state index contributed by atoms with van der Waals surface area (Å²) < 4.78 is 0. The lowest BCUT2D eigenvalue weighted by Gasteiger charge is -2.38. The first kappa shape index (κ1) is 15.8. The van der Waals surface area contributed by atoms with E-state index in [0.29, 0.717) is 6.04 Å². The molecule has 2 rings (SSSR count). The van der Waals surface area contributed by atoms with Gasteiger partial charge in [-0.25, -0.2) is 0 Å². The zero-order valence-electron chi connectivity index (χ0n) is 11.4. The lowest BCUT2D eigenvalue weighted by Crippen LogP contribution is -2.60. The summed E-state index contributed by atoms with van der Waals surface area (Å²) in [5.74, 6) is 0.992. The van der Waals surface area contributed by atoms with Crippen LogP contribution in [0.15, 0.2) is 0 Å². The van der Waals surface area contributed by atoms with Crippen molar-refractivity contribution in [1.29, 1.82) is 0 Å². The maximum absolute atomic E-state index is 12.0. The summed E-state index contributed by atoms with van der Waals surface area (Å²) in [5.41, 5.74) is 5.50. The van der Waals surface area contributed by atoms with E-state index >= 15 is 0 Å². The van der Waals surface area contributed by atoms with Crippen LogP contribution in [-0.4, -0.2) is 17.5 Å². The molecule has 0 heterocycles. The SMILES string of the molecule is CCCC1CCC(NC(=O)C2(N)CCC2)CC1.Cl. The summed E-state index contributed by atoms with van der Waals surface area (Å²) in [4.78, 5) is 12.0. The van der Waals surface area contributed by atoms with Crippen LogP contribution in [0.5, 0.6) is 0 Å². The van der Waals surface area contributed by atoms with Crippen LogP contribution in [0, 0.1) is 5.92 Å². The van der Waals surface area contributed by atoms with Crippen molar-refractivity contribution in [3.8, 4) is 0 Å². The van der Waals surface area contributed by atoms with Crippen LogP contribution in [0.25, 0.3) is 0 Å². The highest BCUT2D eigenvalue weighted by Gasteiger charge is 2.40. The molecule has 0 unspecified atom stereocenters. The molecule has 1 amide bonds. The molecule has 0 atom stereocenters. The third-order valence-corrected chi connectivity index (χ3v) is 4.58. The van der Waals surface area contributed by atoms with Crippen molar-refractivity contribution in [3.63, 3.8) is 0 Å². The smallest absolute Gasteiger partial charge is 0.240 e. The van der Waals surface area contributed by atoms with Crippen molar-refractivity contribution in [2.75, 3.05) is 0 Å². The molecular weight excluding hydrogens is 248 g/mol. The molecule has 3 nitrogen and oxygen atoms in total. The molecule has 18 heavy (non-hydrogen) atoms. The Balaban J connectivity index is 0.00000162. The van der Waals surface area contributed by atoms with Gasteiger partial charge >= 0.3 is 0 Å². The number of hydrogen-bond donors (Lipinski definition) is 2. The normalized spacial score (nSPS) is 29.9. The first-order valence-corrected chi connectivity index (χ1v) is 7.24. The summed E-state index contributed by atoms with van der Waals surface area (Å²) in [6, 6.07) is 0.386. The monoisotopic (exact) mass is 274 g/mol. The summed E-state index contributed by atoms with van der Waals surface area (Å²) in [6.45, 7) is 2.25. The minimum atomic E-state index is -0.528. The Kier molecular flexibility index (Phi) is 5.93. The van der Waals surface area contributed by atoms with E-state index in [2.05, 4.69) is 12.2 Å². The van der Waals surface area contributed by atoms with E-state index in [1.807, 2.05) is 0 Å². The first-order valence-electron chi connectivity index (χ1n) is 7.24. The molecule has 0 aromatic heterocycles. The maximum atomic E-state index is 12.0. The molecule has 0 aromatic rings. The second kappa shape index (κ2) is 6.76. The molecule has 0 spiro atoms. The number of amides is 1. The molecule has 0 bridgehead atoms. The fourth-order valence-corrected chi connectivity index (χ4v) is 3.12. The molecular formula is C14H27ClN2O. The second-order valence-corrected chi connectivity index (χ2v) is 5.99. The van der Waals surface area contributed by atoms with Gasteiger partial charge in [0.15, 0.2) is 0 Å². The third kappa shape index (κ3) is 3.61. The molecule has 2 aliphatic carbocycles. The van der Waals surface area contributed by atoms with Crippen molar-refractivity contribution in [3.05, 3.63) is 0 Å². The van der Waals surface area contributed by atoms with Crippen LogP contribution in [0.3, 0.4) is 0 Å². The van der Waals surface area contributed by atoms with Gasteiger partial charge in [-0.05, 0) is 50.9 Å². The van der Waals surface area contributed by atoms with Gasteiger partial charge in [0.2, 0.25) is 5.91 Å².